The number of hydrogen-bond donors (Lipinski definition) is 0. The number of nitro groups is 1. The third kappa shape index (κ3) is 1.63. The van der Waals surface area contributed by atoms with E-state index in [0.717, 1.165) is 0 Å². The first kappa shape index (κ1) is 9.17. The van der Waals surface area contributed by atoms with E-state index in [-0.39, 0.29) is 11.8 Å². The largest absolute Gasteiger partial charge is 0.471 e. The van der Waals surface area contributed by atoms with Gasteiger partial charge in [-0.2, -0.15) is 0 Å². The fourth-order valence-corrected chi connectivity index (χ4v) is 0.754. The van der Waals surface area contributed by atoms with Gasteiger partial charge in [-0.3, -0.25) is 10.1 Å². The lowest BCUT2D eigenvalue weighted by Gasteiger charge is -1.98. The average molecular weight is 184 g/mol. The normalized spacial score (nSPS) is 15.4. The van der Waals surface area contributed by atoms with Crippen LogP contribution in [0, 0.1) is 10.1 Å². The highest BCUT2D eigenvalue weighted by Gasteiger charge is 2.38. The molecule has 0 aromatic carbocycles. The summed E-state index contributed by atoms with van der Waals surface area (Å²) in [7, 11) is 2.53. The minimum Gasteiger partial charge on any atom is -0.458 e. The quantitative estimate of drug-likeness (QED) is 0.422. The van der Waals surface area contributed by atoms with Crippen LogP contribution in [-0.4, -0.2) is 31.4 Å². The Balaban J connectivity index is 3.17. The Morgan fingerprint density at radius 1 is 1.54 bits per heavy atom. The lowest BCUT2D eigenvalue weighted by molar-refractivity contribution is -0.419. The second kappa shape index (κ2) is 3.65. The van der Waals surface area contributed by atoms with Crippen molar-refractivity contribution in [2.24, 2.45) is 4.99 Å². The number of aliphatic imine (C=N–C) groups is 2. The van der Waals surface area contributed by atoms with Crippen molar-refractivity contribution < 1.29 is 14.4 Å². The molecule has 68 valence electrons. The molecule has 0 saturated heterocycles. The molecule has 0 atom stereocenters. The van der Waals surface area contributed by atoms with Gasteiger partial charge in [-0.25, -0.2) is 0 Å². The maximum Gasteiger partial charge on any atom is 0.471 e. The van der Waals surface area contributed by atoms with E-state index in [2.05, 4.69) is 25.8 Å². The molecule has 0 N–H and O–H groups in total. The Bertz CT molecular complexity index is 318. The first-order valence-electron chi connectivity index (χ1n) is 3.21. The van der Waals surface area contributed by atoms with E-state index in [1.54, 1.807) is 0 Å². The van der Waals surface area contributed by atoms with Crippen molar-refractivity contribution in [3.63, 3.8) is 0 Å². The van der Waals surface area contributed by atoms with Crippen LogP contribution in [0.4, 0.5) is 0 Å². The highest BCUT2D eigenvalue weighted by atomic mass is 16.6. The molecule has 0 aromatic rings. The molecule has 1 heterocycles. The van der Waals surface area contributed by atoms with Crippen LogP contribution < -0.4 is 4.99 Å². The van der Waals surface area contributed by atoms with Crippen molar-refractivity contribution in [3.05, 3.63) is 21.7 Å². The van der Waals surface area contributed by atoms with Gasteiger partial charge >= 0.3 is 23.8 Å². The summed E-state index contributed by atoms with van der Waals surface area (Å²) in [6.07, 6.45) is 2.17. The summed E-state index contributed by atoms with van der Waals surface area (Å²) in [4.78, 5) is 16.7. The molecule has 0 saturated carbocycles. The van der Waals surface area contributed by atoms with E-state index < -0.39 is 10.6 Å². The maximum atomic E-state index is 10.5. The molecule has 0 amide bonds. The molecule has 1 aliphatic rings. The first-order valence-corrected chi connectivity index (χ1v) is 3.21. The number of nitrogens with zero attached hydrogens (tertiary/aromatic N) is 3. The van der Waals surface area contributed by atoms with Crippen LogP contribution in [-0.2, 0) is 9.47 Å². The van der Waals surface area contributed by atoms with Crippen molar-refractivity contribution in [1.82, 2.24) is 4.99 Å². The standard InChI is InChI=1S/C6H6N3O4/c1-12-5-4(9(10)11)6(13-2)8-3-7-5/h1-2H3/q+1. The topological polar surface area (TPSA) is 88.1 Å². The Morgan fingerprint density at radius 2 is 2.23 bits per heavy atom. The molecule has 7 nitrogen and oxygen atoms in total. The molecule has 0 fully saturated rings. The van der Waals surface area contributed by atoms with E-state index in [9.17, 15) is 10.1 Å². The van der Waals surface area contributed by atoms with Gasteiger partial charge in [0.2, 0.25) is 0 Å². The molecular weight excluding hydrogens is 178 g/mol. The van der Waals surface area contributed by atoms with Gasteiger partial charge in [-0.1, -0.05) is 0 Å². The van der Waals surface area contributed by atoms with Gasteiger partial charge in [-0.15, -0.1) is 0 Å². The SMILES string of the molecule is COC1=[N+][C]=NC(OC)=C1[N+](=O)[O-]. The highest BCUT2D eigenvalue weighted by Crippen LogP contribution is 2.11. The van der Waals surface area contributed by atoms with Crippen LogP contribution in [0.5, 0.6) is 0 Å². The second-order valence-electron chi connectivity index (χ2n) is 1.95. The van der Waals surface area contributed by atoms with Gasteiger partial charge in [0.1, 0.15) is 0 Å². The molecule has 1 aliphatic heterocycles. The summed E-state index contributed by atoms with van der Waals surface area (Å²) >= 11 is 0. The van der Waals surface area contributed by atoms with E-state index >= 15 is 0 Å². The molecule has 0 unspecified atom stereocenters. The summed E-state index contributed by atoms with van der Waals surface area (Å²) in [6, 6.07) is 0. The molecule has 7 heteroatoms. The Morgan fingerprint density at radius 3 is 2.69 bits per heavy atom. The Hall–Kier alpha value is -1.92. The third-order valence-corrected chi connectivity index (χ3v) is 1.28. The first-order chi connectivity index (χ1) is 6.20. The highest BCUT2D eigenvalue weighted by molar-refractivity contribution is 5.96. The lowest BCUT2D eigenvalue weighted by atomic mass is 10.4. The molecular formula is C6H6N3O4+. The van der Waals surface area contributed by atoms with Crippen molar-refractivity contribution in [1.29, 1.82) is 0 Å². The van der Waals surface area contributed by atoms with Crippen LogP contribution >= 0.6 is 0 Å². The molecule has 0 aromatic heterocycles. The van der Waals surface area contributed by atoms with Crippen LogP contribution in [0.3, 0.4) is 0 Å². The summed E-state index contributed by atoms with van der Waals surface area (Å²) < 4.78 is 9.29. The fraction of sp³-hybridized carbons (Fsp3) is 0.333. The summed E-state index contributed by atoms with van der Waals surface area (Å²) in [5.74, 6) is -0.339. The van der Waals surface area contributed by atoms with Crippen LogP contribution in [0.15, 0.2) is 16.6 Å². The molecule has 13 heavy (non-hydrogen) atoms. The lowest BCUT2D eigenvalue weighted by Crippen LogP contribution is -2.23. The monoisotopic (exact) mass is 184 g/mol. The third-order valence-electron chi connectivity index (χ3n) is 1.28. The summed E-state index contributed by atoms with van der Waals surface area (Å²) in [5, 5.41) is 10.5. The molecule has 0 bridgehead atoms. The van der Waals surface area contributed by atoms with E-state index in [1.807, 2.05) is 0 Å². The second-order valence-corrected chi connectivity index (χ2v) is 1.95. The average Bonchev–Trinajstić information content (AvgIpc) is 2.16. The van der Waals surface area contributed by atoms with E-state index in [4.69, 9.17) is 0 Å². The zero-order chi connectivity index (χ0) is 9.84. The minimum atomic E-state index is -0.675. The van der Waals surface area contributed by atoms with E-state index in [1.165, 1.54) is 14.2 Å². The zero-order valence-corrected chi connectivity index (χ0v) is 6.97. The van der Waals surface area contributed by atoms with Crippen LogP contribution in [0.25, 0.3) is 0 Å². The summed E-state index contributed by atoms with van der Waals surface area (Å²) in [6.45, 7) is 0. The number of rotatable bonds is 2. The number of methoxy groups -OCH3 is 2. The van der Waals surface area contributed by atoms with Gasteiger partial charge in [0.15, 0.2) is 0 Å². The predicted molar refractivity (Wildman–Crippen MR) is 42.6 cm³/mol. The van der Waals surface area contributed by atoms with Gasteiger partial charge in [-0.05, 0) is 0 Å². The van der Waals surface area contributed by atoms with Gasteiger partial charge in [0.25, 0.3) is 0 Å². The van der Waals surface area contributed by atoms with Crippen molar-refractivity contribution in [3.8, 4) is 0 Å². The smallest absolute Gasteiger partial charge is 0.458 e. The fourth-order valence-electron chi connectivity index (χ4n) is 0.754. The van der Waals surface area contributed by atoms with Gasteiger partial charge in [0.05, 0.1) is 19.1 Å². The number of ether oxygens (including phenoxy) is 2. The Labute approximate surface area is 73.5 Å². The maximum absolute atomic E-state index is 10.5. The summed E-state index contributed by atoms with van der Waals surface area (Å²) in [5.41, 5.74) is -0.399. The van der Waals surface area contributed by atoms with Gasteiger partial charge < -0.3 is 9.47 Å². The van der Waals surface area contributed by atoms with Crippen molar-refractivity contribution in [2.75, 3.05) is 14.2 Å². The van der Waals surface area contributed by atoms with Crippen LogP contribution in [0.2, 0.25) is 0 Å². The molecule has 0 spiro atoms. The van der Waals surface area contributed by atoms with E-state index in [0.29, 0.717) is 0 Å². The molecule has 0 aliphatic carbocycles. The molecule has 2 radical (unpaired) electrons. The van der Waals surface area contributed by atoms with Gasteiger partial charge in [0, 0.05) is 9.98 Å². The Kier molecular flexibility index (Phi) is 2.58. The molecule has 1 rings (SSSR count). The van der Waals surface area contributed by atoms with Crippen molar-refractivity contribution >= 4 is 12.2 Å². The minimum absolute atomic E-state index is 0.170. The predicted octanol–water partition coefficient (Wildman–Crippen LogP) is -0.622. The number of hydrogen-bond acceptors (Lipinski definition) is 6. The van der Waals surface area contributed by atoms with Crippen molar-refractivity contribution in [2.45, 2.75) is 0 Å². The van der Waals surface area contributed by atoms with Crippen LogP contribution in [0.1, 0.15) is 0 Å². The zero-order valence-electron chi connectivity index (χ0n) is 6.97.